The number of urea groups is 1. The summed E-state index contributed by atoms with van der Waals surface area (Å²) < 4.78 is 0. The van der Waals surface area contributed by atoms with E-state index in [1.165, 1.54) is 4.90 Å². The number of hydrogen-bond donors (Lipinski definition) is 2. The van der Waals surface area contributed by atoms with E-state index in [2.05, 4.69) is 5.32 Å². The third kappa shape index (κ3) is 2.57. The summed E-state index contributed by atoms with van der Waals surface area (Å²) in [5.74, 6) is -0.349. The molecule has 3 amide bonds. The largest absolute Gasteiger partial charge is 0.325 e. The number of nitrogens with one attached hydrogen (secondary N) is 1. The maximum absolute atomic E-state index is 11.6. The molecule has 90 valence electrons. The molecule has 1 saturated heterocycles. The first-order chi connectivity index (χ1) is 8.08. The van der Waals surface area contributed by atoms with Crippen molar-refractivity contribution in [2.75, 3.05) is 0 Å². The molecule has 0 bridgehead atoms. The van der Waals surface area contributed by atoms with E-state index in [9.17, 15) is 9.59 Å². The molecule has 1 atom stereocenters. The van der Waals surface area contributed by atoms with Gasteiger partial charge in [-0.25, -0.2) is 4.79 Å². The van der Waals surface area contributed by atoms with Gasteiger partial charge in [0.05, 0.1) is 19.1 Å². The number of carbonyl (C=O) groups excluding carboxylic acids is 2. The van der Waals surface area contributed by atoms with Gasteiger partial charge in [0.2, 0.25) is 5.91 Å². The Morgan fingerprint density at radius 1 is 1.41 bits per heavy atom. The maximum Gasteiger partial charge on any atom is 0.325 e. The zero-order valence-electron chi connectivity index (χ0n) is 9.02. The van der Waals surface area contributed by atoms with Gasteiger partial charge in [-0.05, 0) is 11.6 Å². The molecule has 1 aliphatic heterocycles. The lowest BCUT2D eigenvalue weighted by Gasteiger charge is -2.32. The topological polar surface area (TPSA) is 75.4 Å². The van der Waals surface area contributed by atoms with Crippen LogP contribution in [0.15, 0.2) is 24.3 Å². The second kappa shape index (κ2) is 4.73. The van der Waals surface area contributed by atoms with Crippen LogP contribution in [-0.4, -0.2) is 23.0 Å². The molecule has 1 fully saturated rings. The van der Waals surface area contributed by atoms with E-state index < -0.39 is 12.2 Å². The zero-order valence-corrected chi connectivity index (χ0v) is 9.78. The summed E-state index contributed by atoms with van der Waals surface area (Å²) in [5.41, 5.74) is 6.56. The number of benzene rings is 1. The molecular weight excluding hydrogens is 242 g/mol. The fourth-order valence-electron chi connectivity index (χ4n) is 1.69. The first kappa shape index (κ1) is 11.9. The van der Waals surface area contributed by atoms with Crippen molar-refractivity contribution in [3.8, 4) is 0 Å². The third-order valence-electron chi connectivity index (χ3n) is 2.60. The Labute approximate surface area is 104 Å². The van der Waals surface area contributed by atoms with Crippen molar-refractivity contribution >= 4 is 23.5 Å². The Balaban J connectivity index is 2.16. The second-order valence-corrected chi connectivity index (χ2v) is 4.25. The van der Waals surface area contributed by atoms with Crippen LogP contribution in [0.4, 0.5) is 4.79 Å². The Kier molecular flexibility index (Phi) is 3.31. The molecule has 0 aromatic heterocycles. The molecule has 0 saturated carbocycles. The van der Waals surface area contributed by atoms with E-state index in [1.54, 1.807) is 6.07 Å². The predicted molar refractivity (Wildman–Crippen MR) is 63.1 cm³/mol. The molecule has 2 rings (SSSR count). The van der Waals surface area contributed by atoms with Gasteiger partial charge in [-0.3, -0.25) is 10.1 Å². The summed E-state index contributed by atoms with van der Waals surface area (Å²) in [4.78, 5) is 24.1. The second-order valence-electron chi connectivity index (χ2n) is 3.84. The summed E-state index contributed by atoms with van der Waals surface area (Å²) in [7, 11) is 0. The number of halogens is 1. The average molecular weight is 254 g/mol. The van der Waals surface area contributed by atoms with Crippen LogP contribution in [0.3, 0.4) is 0 Å². The van der Waals surface area contributed by atoms with Gasteiger partial charge in [0.1, 0.15) is 0 Å². The van der Waals surface area contributed by atoms with Crippen LogP contribution in [0.1, 0.15) is 12.0 Å². The molecule has 5 nitrogen and oxygen atoms in total. The highest BCUT2D eigenvalue weighted by molar-refractivity contribution is 6.31. The molecule has 0 aliphatic carbocycles. The van der Waals surface area contributed by atoms with E-state index in [4.69, 9.17) is 17.3 Å². The first-order valence-corrected chi connectivity index (χ1v) is 5.55. The Morgan fingerprint density at radius 2 is 2.12 bits per heavy atom. The highest BCUT2D eigenvalue weighted by Crippen LogP contribution is 2.19. The van der Waals surface area contributed by atoms with Crippen molar-refractivity contribution in [3.05, 3.63) is 34.9 Å². The van der Waals surface area contributed by atoms with Gasteiger partial charge in [-0.15, -0.1) is 0 Å². The number of amides is 3. The summed E-state index contributed by atoms with van der Waals surface area (Å²) in [6.45, 7) is 0.292. The quantitative estimate of drug-likeness (QED) is 0.828. The normalized spacial score (nSPS) is 20.4. The SMILES string of the molecule is NC1CC(=O)NC(=O)N1Cc1ccccc1Cl. The van der Waals surface area contributed by atoms with E-state index in [0.29, 0.717) is 11.6 Å². The fraction of sp³-hybridized carbons (Fsp3) is 0.273. The smallest absolute Gasteiger partial charge is 0.311 e. The summed E-state index contributed by atoms with van der Waals surface area (Å²) in [6.07, 6.45) is -0.497. The lowest BCUT2D eigenvalue weighted by atomic mass is 10.1. The molecular formula is C11H12ClN3O2. The van der Waals surface area contributed by atoms with Crippen molar-refractivity contribution in [1.82, 2.24) is 10.2 Å². The van der Waals surface area contributed by atoms with Gasteiger partial charge in [0, 0.05) is 5.02 Å². The molecule has 1 unspecified atom stereocenters. The third-order valence-corrected chi connectivity index (χ3v) is 2.97. The van der Waals surface area contributed by atoms with E-state index in [1.807, 2.05) is 18.2 Å². The summed E-state index contributed by atoms with van der Waals surface area (Å²) >= 11 is 6.00. The Hall–Kier alpha value is -1.59. The van der Waals surface area contributed by atoms with E-state index in [-0.39, 0.29) is 12.3 Å². The van der Waals surface area contributed by atoms with E-state index in [0.717, 1.165) is 5.56 Å². The standard InChI is InChI=1S/C11H12ClN3O2/c12-8-4-2-1-3-7(8)6-15-9(13)5-10(16)14-11(15)17/h1-4,9H,5-6,13H2,(H,14,16,17). The number of rotatable bonds is 2. The van der Waals surface area contributed by atoms with Crippen LogP contribution in [0.25, 0.3) is 0 Å². The highest BCUT2D eigenvalue weighted by atomic mass is 35.5. The Bertz CT molecular complexity index is 464. The average Bonchev–Trinajstić information content (AvgIpc) is 2.25. The summed E-state index contributed by atoms with van der Waals surface area (Å²) in [6, 6.07) is 6.73. The van der Waals surface area contributed by atoms with Gasteiger partial charge in [0.15, 0.2) is 0 Å². The van der Waals surface area contributed by atoms with Gasteiger partial charge in [-0.1, -0.05) is 29.8 Å². The lowest BCUT2D eigenvalue weighted by Crippen LogP contribution is -2.57. The molecule has 1 heterocycles. The predicted octanol–water partition coefficient (Wildman–Crippen LogP) is 1.07. The number of nitrogens with zero attached hydrogens (tertiary/aromatic N) is 1. The van der Waals surface area contributed by atoms with Gasteiger partial charge in [0.25, 0.3) is 0 Å². The number of carbonyl (C=O) groups is 2. The van der Waals surface area contributed by atoms with Crippen molar-refractivity contribution in [2.45, 2.75) is 19.1 Å². The van der Waals surface area contributed by atoms with Crippen LogP contribution < -0.4 is 11.1 Å². The van der Waals surface area contributed by atoms with Crippen LogP contribution >= 0.6 is 11.6 Å². The van der Waals surface area contributed by atoms with E-state index >= 15 is 0 Å². The van der Waals surface area contributed by atoms with Gasteiger partial charge >= 0.3 is 6.03 Å². The van der Waals surface area contributed by atoms with Gasteiger partial charge in [-0.2, -0.15) is 0 Å². The molecule has 3 N–H and O–H groups in total. The monoisotopic (exact) mass is 253 g/mol. The fourth-order valence-corrected chi connectivity index (χ4v) is 1.89. The van der Waals surface area contributed by atoms with Crippen molar-refractivity contribution in [3.63, 3.8) is 0 Å². The van der Waals surface area contributed by atoms with Crippen LogP contribution in [-0.2, 0) is 11.3 Å². The van der Waals surface area contributed by atoms with Gasteiger partial charge < -0.3 is 10.6 Å². The number of nitrogens with two attached hydrogens (primary N) is 1. The molecule has 17 heavy (non-hydrogen) atoms. The van der Waals surface area contributed by atoms with Crippen molar-refractivity contribution in [1.29, 1.82) is 0 Å². The van der Waals surface area contributed by atoms with Crippen LogP contribution in [0.5, 0.6) is 0 Å². The van der Waals surface area contributed by atoms with Crippen LogP contribution in [0, 0.1) is 0 Å². The lowest BCUT2D eigenvalue weighted by molar-refractivity contribution is -0.122. The Morgan fingerprint density at radius 3 is 2.76 bits per heavy atom. The minimum Gasteiger partial charge on any atom is -0.311 e. The molecule has 0 radical (unpaired) electrons. The van der Waals surface area contributed by atoms with Crippen molar-refractivity contribution < 1.29 is 9.59 Å². The number of hydrogen-bond acceptors (Lipinski definition) is 3. The summed E-state index contributed by atoms with van der Waals surface area (Å²) in [5, 5.41) is 2.80. The first-order valence-electron chi connectivity index (χ1n) is 5.17. The van der Waals surface area contributed by atoms with Crippen LogP contribution in [0.2, 0.25) is 5.02 Å². The van der Waals surface area contributed by atoms with Crippen molar-refractivity contribution in [2.24, 2.45) is 5.73 Å². The molecule has 1 aliphatic rings. The minimum atomic E-state index is -0.604. The minimum absolute atomic E-state index is 0.107. The maximum atomic E-state index is 11.6. The molecule has 6 heteroatoms. The molecule has 1 aromatic rings. The zero-order chi connectivity index (χ0) is 12.4. The molecule has 0 spiro atoms. The highest BCUT2D eigenvalue weighted by Gasteiger charge is 2.30. The molecule has 1 aromatic carbocycles. The number of imide groups is 1.